The van der Waals surface area contributed by atoms with Gasteiger partial charge in [0.25, 0.3) is 0 Å². The number of pyridine rings is 1. The number of hydrogen-bond acceptors (Lipinski definition) is 4. The van der Waals surface area contributed by atoms with E-state index >= 15 is 0 Å². The number of para-hydroxylation sites is 1. The van der Waals surface area contributed by atoms with Gasteiger partial charge in [-0.2, -0.15) is 5.26 Å². The highest BCUT2D eigenvalue weighted by atomic mass is 15.1. The van der Waals surface area contributed by atoms with Crippen LogP contribution >= 0.6 is 0 Å². The molecule has 4 nitrogen and oxygen atoms in total. The lowest BCUT2D eigenvalue weighted by Crippen LogP contribution is -2.05. The van der Waals surface area contributed by atoms with Crippen LogP contribution in [0.25, 0.3) is 0 Å². The highest BCUT2D eigenvalue weighted by molar-refractivity contribution is 5.67. The van der Waals surface area contributed by atoms with Crippen LogP contribution in [0, 0.1) is 18.3 Å². The van der Waals surface area contributed by atoms with Crippen LogP contribution in [0.5, 0.6) is 0 Å². The molecule has 4 heteroatoms. The van der Waals surface area contributed by atoms with E-state index in [2.05, 4.69) is 21.7 Å². The van der Waals surface area contributed by atoms with E-state index < -0.39 is 0 Å². The minimum Gasteiger partial charge on any atom is -0.370 e. The number of nitrogens with one attached hydrogen (secondary N) is 2. The highest BCUT2D eigenvalue weighted by Gasteiger charge is 2.09. The zero-order valence-corrected chi connectivity index (χ0v) is 11.1. The maximum Gasteiger partial charge on any atom is 0.151 e. The maximum atomic E-state index is 9.25. The summed E-state index contributed by atoms with van der Waals surface area (Å²) in [5, 5.41) is 15.6. The fourth-order valence-electron chi connectivity index (χ4n) is 1.83. The summed E-state index contributed by atoms with van der Waals surface area (Å²) in [6.45, 7) is 4.72. The molecule has 0 radical (unpaired) electrons. The number of nitriles is 1. The van der Waals surface area contributed by atoms with Crippen LogP contribution in [0.2, 0.25) is 0 Å². The number of rotatable bonds is 4. The lowest BCUT2D eigenvalue weighted by molar-refractivity contribution is 1.14. The quantitative estimate of drug-likeness (QED) is 0.875. The van der Waals surface area contributed by atoms with E-state index in [-0.39, 0.29) is 0 Å². The van der Waals surface area contributed by atoms with Gasteiger partial charge in [0.05, 0.1) is 5.56 Å². The average molecular weight is 252 g/mol. The van der Waals surface area contributed by atoms with Crippen molar-refractivity contribution < 1.29 is 0 Å². The topological polar surface area (TPSA) is 60.7 Å². The molecule has 96 valence electrons. The Kier molecular flexibility index (Phi) is 3.99. The number of aryl methyl sites for hydroxylation is 1. The van der Waals surface area contributed by atoms with Gasteiger partial charge in [-0.05, 0) is 37.6 Å². The van der Waals surface area contributed by atoms with Gasteiger partial charge < -0.3 is 10.6 Å². The molecule has 0 saturated carbocycles. The fraction of sp³-hybridized carbons (Fsp3) is 0.200. The summed E-state index contributed by atoms with van der Waals surface area (Å²) in [4.78, 5) is 4.44. The van der Waals surface area contributed by atoms with Crippen molar-refractivity contribution in [2.45, 2.75) is 13.8 Å². The van der Waals surface area contributed by atoms with Crippen LogP contribution in [-0.2, 0) is 0 Å². The van der Waals surface area contributed by atoms with E-state index in [1.807, 2.05) is 50.2 Å². The van der Waals surface area contributed by atoms with Crippen molar-refractivity contribution in [3.63, 3.8) is 0 Å². The Labute approximate surface area is 113 Å². The second-order valence-corrected chi connectivity index (χ2v) is 4.18. The molecule has 0 aliphatic rings. The van der Waals surface area contributed by atoms with Gasteiger partial charge in [0.1, 0.15) is 11.9 Å². The van der Waals surface area contributed by atoms with Crippen molar-refractivity contribution in [2.75, 3.05) is 17.2 Å². The largest absolute Gasteiger partial charge is 0.370 e. The molecule has 1 aromatic carbocycles. The second-order valence-electron chi connectivity index (χ2n) is 4.18. The van der Waals surface area contributed by atoms with E-state index in [0.29, 0.717) is 11.4 Å². The summed E-state index contributed by atoms with van der Waals surface area (Å²) in [6.07, 6.45) is 0. The smallest absolute Gasteiger partial charge is 0.151 e. The summed E-state index contributed by atoms with van der Waals surface area (Å²) in [5.41, 5.74) is 2.40. The van der Waals surface area contributed by atoms with Crippen molar-refractivity contribution in [3.05, 3.63) is 47.5 Å². The van der Waals surface area contributed by atoms with Crippen LogP contribution in [0.3, 0.4) is 0 Å². The number of benzene rings is 1. The number of aromatic nitrogens is 1. The molecule has 1 heterocycles. The van der Waals surface area contributed by atoms with Crippen LogP contribution in [-0.4, -0.2) is 11.5 Å². The molecule has 2 N–H and O–H groups in total. The SMILES string of the molecule is CCNc1cc(C)c(C#N)c(Nc2ccccc2)n1. The minimum atomic E-state index is 0.575. The van der Waals surface area contributed by atoms with Gasteiger partial charge in [0.15, 0.2) is 5.82 Å². The first-order valence-electron chi connectivity index (χ1n) is 6.22. The molecule has 0 amide bonds. The molecular weight excluding hydrogens is 236 g/mol. The van der Waals surface area contributed by atoms with Crippen LogP contribution in [0.15, 0.2) is 36.4 Å². The van der Waals surface area contributed by atoms with Crippen LogP contribution in [0.1, 0.15) is 18.1 Å². The van der Waals surface area contributed by atoms with Gasteiger partial charge in [-0.25, -0.2) is 4.98 Å². The summed E-state index contributed by atoms with van der Waals surface area (Å²) < 4.78 is 0. The van der Waals surface area contributed by atoms with Crippen molar-refractivity contribution in [1.29, 1.82) is 5.26 Å². The Bertz CT molecular complexity index is 600. The third kappa shape index (κ3) is 3.02. The molecule has 2 aromatic rings. The normalized spacial score (nSPS) is 9.74. The van der Waals surface area contributed by atoms with E-state index in [1.165, 1.54) is 0 Å². The molecule has 0 bridgehead atoms. The Morgan fingerprint density at radius 1 is 1.26 bits per heavy atom. The first-order valence-corrected chi connectivity index (χ1v) is 6.22. The van der Waals surface area contributed by atoms with Crippen molar-refractivity contribution in [2.24, 2.45) is 0 Å². The maximum absolute atomic E-state index is 9.25. The molecule has 0 aliphatic carbocycles. The van der Waals surface area contributed by atoms with Gasteiger partial charge in [-0.1, -0.05) is 18.2 Å². The minimum absolute atomic E-state index is 0.575. The van der Waals surface area contributed by atoms with E-state index in [1.54, 1.807) is 0 Å². The number of hydrogen-bond donors (Lipinski definition) is 2. The zero-order valence-electron chi connectivity index (χ0n) is 11.1. The highest BCUT2D eigenvalue weighted by Crippen LogP contribution is 2.23. The van der Waals surface area contributed by atoms with Crippen molar-refractivity contribution in [3.8, 4) is 6.07 Å². The summed E-state index contributed by atoms with van der Waals surface area (Å²) in [5.74, 6) is 1.36. The molecule has 1 aromatic heterocycles. The van der Waals surface area contributed by atoms with Crippen LogP contribution in [0.4, 0.5) is 17.3 Å². The fourth-order valence-corrected chi connectivity index (χ4v) is 1.83. The Balaban J connectivity index is 2.40. The van der Waals surface area contributed by atoms with Gasteiger partial charge >= 0.3 is 0 Å². The molecule has 19 heavy (non-hydrogen) atoms. The summed E-state index contributed by atoms with van der Waals surface area (Å²) in [7, 11) is 0. The Morgan fingerprint density at radius 3 is 2.63 bits per heavy atom. The van der Waals surface area contributed by atoms with Crippen molar-refractivity contribution >= 4 is 17.3 Å². The first-order chi connectivity index (χ1) is 9.24. The molecule has 2 rings (SSSR count). The standard InChI is InChI=1S/C15H16N4/c1-3-17-14-9-11(2)13(10-16)15(19-14)18-12-7-5-4-6-8-12/h4-9H,3H2,1-2H3,(H2,17,18,19). The van der Waals surface area contributed by atoms with E-state index in [9.17, 15) is 5.26 Å². The lowest BCUT2D eigenvalue weighted by atomic mass is 10.1. The number of nitrogens with zero attached hydrogens (tertiary/aromatic N) is 2. The number of anilines is 3. The lowest BCUT2D eigenvalue weighted by Gasteiger charge is -2.12. The monoisotopic (exact) mass is 252 g/mol. The summed E-state index contributed by atoms with van der Waals surface area (Å²) >= 11 is 0. The molecule has 0 spiro atoms. The molecule has 0 unspecified atom stereocenters. The van der Waals surface area contributed by atoms with Crippen molar-refractivity contribution in [1.82, 2.24) is 4.98 Å². The van der Waals surface area contributed by atoms with E-state index in [4.69, 9.17) is 0 Å². The molecule has 0 atom stereocenters. The van der Waals surface area contributed by atoms with Gasteiger partial charge in [-0.15, -0.1) is 0 Å². The third-order valence-electron chi connectivity index (χ3n) is 2.72. The predicted octanol–water partition coefficient (Wildman–Crippen LogP) is 3.44. The first kappa shape index (κ1) is 12.9. The zero-order chi connectivity index (χ0) is 13.7. The predicted molar refractivity (Wildman–Crippen MR) is 77.6 cm³/mol. The second kappa shape index (κ2) is 5.87. The molecule has 0 fully saturated rings. The van der Waals surface area contributed by atoms with Crippen LogP contribution < -0.4 is 10.6 Å². The van der Waals surface area contributed by atoms with E-state index in [0.717, 1.165) is 23.6 Å². The van der Waals surface area contributed by atoms with Gasteiger partial charge in [0, 0.05) is 12.2 Å². The third-order valence-corrected chi connectivity index (χ3v) is 2.72. The Morgan fingerprint density at radius 2 is 2.00 bits per heavy atom. The molecular formula is C15H16N4. The average Bonchev–Trinajstić information content (AvgIpc) is 2.40. The van der Waals surface area contributed by atoms with Gasteiger partial charge in [0.2, 0.25) is 0 Å². The molecule has 0 saturated heterocycles. The van der Waals surface area contributed by atoms with Gasteiger partial charge in [-0.3, -0.25) is 0 Å². The Hall–Kier alpha value is -2.54. The molecule has 0 aliphatic heterocycles. The summed E-state index contributed by atoms with van der Waals surface area (Å²) in [6, 6.07) is 13.8.